The molecule has 140 valence electrons. The topological polar surface area (TPSA) is 71.1 Å². The molecule has 0 saturated carbocycles. The number of fused-ring (bicyclic) bond motifs is 1. The predicted molar refractivity (Wildman–Crippen MR) is 110 cm³/mol. The van der Waals surface area contributed by atoms with Crippen LogP contribution in [0.4, 0.5) is 5.13 Å². The molecule has 0 aliphatic heterocycles. The second-order valence-corrected chi connectivity index (χ2v) is 7.47. The van der Waals surface area contributed by atoms with Gasteiger partial charge in [-0.3, -0.25) is 9.59 Å². The van der Waals surface area contributed by atoms with Crippen LogP contribution >= 0.6 is 11.3 Å². The Morgan fingerprint density at radius 1 is 1.04 bits per heavy atom. The zero-order chi connectivity index (χ0) is 19.1. The van der Waals surface area contributed by atoms with Crippen LogP contribution in [0.3, 0.4) is 0 Å². The number of nitrogens with zero attached hydrogens (tertiary/aromatic N) is 1. The maximum Gasteiger partial charge on any atom is 0.223 e. The van der Waals surface area contributed by atoms with Gasteiger partial charge in [-0.25, -0.2) is 4.98 Å². The molecule has 0 unspecified atom stereocenters. The van der Waals surface area contributed by atoms with Crippen LogP contribution in [0.5, 0.6) is 0 Å². The van der Waals surface area contributed by atoms with E-state index in [1.165, 1.54) is 23.8 Å². The molecule has 0 bridgehead atoms. The average molecular weight is 382 g/mol. The van der Waals surface area contributed by atoms with Crippen molar-refractivity contribution < 1.29 is 9.59 Å². The molecular weight excluding hydrogens is 358 g/mol. The summed E-state index contributed by atoms with van der Waals surface area (Å²) >= 11 is 1.45. The summed E-state index contributed by atoms with van der Waals surface area (Å²) < 4.78 is 1.01. The lowest BCUT2D eigenvalue weighted by Crippen LogP contribution is -2.24. The first-order valence-electron chi connectivity index (χ1n) is 9.08. The molecule has 0 aliphatic rings. The molecule has 6 heteroatoms. The molecule has 0 atom stereocenters. The Balaban J connectivity index is 1.43. The number of carbonyl (C=O) groups is 2. The molecule has 2 N–H and O–H groups in total. The molecule has 0 saturated heterocycles. The first kappa shape index (κ1) is 19.0. The molecular formula is C21H23N3O2S. The van der Waals surface area contributed by atoms with Gasteiger partial charge in [0.2, 0.25) is 11.8 Å². The third kappa shape index (κ3) is 5.89. The highest BCUT2D eigenvalue weighted by Gasteiger charge is 2.07. The molecule has 27 heavy (non-hydrogen) atoms. The lowest BCUT2D eigenvalue weighted by atomic mass is 10.1. The molecule has 5 nitrogen and oxygen atoms in total. The van der Waals surface area contributed by atoms with E-state index in [0.717, 1.165) is 28.6 Å². The number of amides is 2. The van der Waals surface area contributed by atoms with Crippen molar-refractivity contribution in [2.75, 3.05) is 11.9 Å². The quantitative estimate of drug-likeness (QED) is 0.581. The Hall–Kier alpha value is -2.73. The minimum absolute atomic E-state index is 0.0754. The standard InChI is InChI=1S/C21H23N3O2S/c1-15(25)23-21-24-18-11-9-17(14-19(18)27-21)10-12-20(26)22-13-5-8-16-6-3-2-4-7-16/h2-4,6-7,9,11,14H,5,8,10,12-13H2,1H3,(H,22,26)(H,23,24,25). The van der Waals surface area contributed by atoms with Crippen LogP contribution in [0.1, 0.15) is 30.9 Å². The van der Waals surface area contributed by atoms with E-state index in [1.807, 2.05) is 36.4 Å². The van der Waals surface area contributed by atoms with Gasteiger partial charge in [0, 0.05) is 19.9 Å². The van der Waals surface area contributed by atoms with Crippen LogP contribution in [0.2, 0.25) is 0 Å². The maximum absolute atomic E-state index is 12.0. The number of aryl methyl sites for hydroxylation is 2. The van der Waals surface area contributed by atoms with E-state index in [-0.39, 0.29) is 11.8 Å². The molecule has 0 aliphatic carbocycles. The van der Waals surface area contributed by atoms with Crippen LogP contribution in [0.15, 0.2) is 48.5 Å². The summed E-state index contributed by atoms with van der Waals surface area (Å²) in [6, 6.07) is 16.3. The van der Waals surface area contributed by atoms with Gasteiger partial charge in [0.25, 0.3) is 0 Å². The normalized spacial score (nSPS) is 10.7. The Morgan fingerprint density at radius 2 is 1.85 bits per heavy atom. The summed E-state index contributed by atoms with van der Waals surface area (Å²) in [5.41, 5.74) is 3.25. The monoisotopic (exact) mass is 381 g/mol. The number of aromatic nitrogens is 1. The van der Waals surface area contributed by atoms with Crippen molar-refractivity contribution in [2.45, 2.75) is 32.6 Å². The lowest BCUT2D eigenvalue weighted by Gasteiger charge is -2.06. The fourth-order valence-electron chi connectivity index (χ4n) is 2.84. The fourth-order valence-corrected chi connectivity index (χ4v) is 3.82. The van der Waals surface area contributed by atoms with E-state index in [4.69, 9.17) is 0 Å². The van der Waals surface area contributed by atoms with Gasteiger partial charge in [0.1, 0.15) is 0 Å². The van der Waals surface area contributed by atoms with Gasteiger partial charge in [-0.2, -0.15) is 0 Å². The van der Waals surface area contributed by atoms with Crippen molar-refractivity contribution >= 4 is 38.5 Å². The molecule has 1 aromatic heterocycles. The fraction of sp³-hybridized carbons (Fsp3) is 0.286. The number of hydrogen-bond donors (Lipinski definition) is 2. The maximum atomic E-state index is 12.0. The van der Waals surface area contributed by atoms with Crippen LogP contribution in [-0.2, 0) is 22.4 Å². The van der Waals surface area contributed by atoms with E-state index in [0.29, 0.717) is 24.5 Å². The Bertz CT molecular complexity index is 922. The second-order valence-electron chi connectivity index (χ2n) is 6.44. The number of carbonyl (C=O) groups excluding carboxylic acids is 2. The van der Waals surface area contributed by atoms with Crippen LogP contribution in [0.25, 0.3) is 10.2 Å². The average Bonchev–Trinajstić information content (AvgIpc) is 3.05. The summed E-state index contributed by atoms with van der Waals surface area (Å²) in [4.78, 5) is 27.6. The third-order valence-corrected chi connectivity index (χ3v) is 5.12. The van der Waals surface area contributed by atoms with Gasteiger partial charge in [-0.1, -0.05) is 47.7 Å². The first-order valence-corrected chi connectivity index (χ1v) is 9.89. The highest BCUT2D eigenvalue weighted by molar-refractivity contribution is 7.22. The molecule has 1 heterocycles. The second kappa shape index (κ2) is 9.28. The summed E-state index contributed by atoms with van der Waals surface area (Å²) in [7, 11) is 0. The molecule has 0 radical (unpaired) electrons. The molecule has 2 amide bonds. The van der Waals surface area contributed by atoms with Crippen molar-refractivity contribution in [2.24, 2.45) is 0 Å². The molecule has 3 aromatic rings. The largest absolute Gasteiger partial charge is 0.356 e. The lowest BCUT2D eigenvalue weighted by molar-refractivity contribution is -0.121. The van der Waals surface area contributed by atoms with Crippen molar-refractivity contribution in [3.05, 3.63) is 59.7 Å². The van der Waals surface area contributed by atoms with Gasteiger partial charge in [-0.05, 0) is 42.5 Å². The summed E-state index contributed by atoms with van der Waals surface area (Å²) in [6.45, 7) is 2.16. The van der Waals surface area contributed by atoms with Crippen LogP contribution < -0.4 is 10.6 Å². The van der Waals surface area contributed by atoms with E-state index >= 15 is 0 Å². The molecule has 3 rings (SSSR count). The van der Waals surface area contributed by atoms with E-state index in [9.17, 15) is 9.59 Å². The van der Waals surface area contributed by atoms with Gasteiger partial charge in [0.15, 0.2) is 5.13 Å². The summed E-state index contributed by atoms with van der Waals surface area (Å²) in [5, 5.41) is 6.30. The van der Waals surface area contributed by atoms with Gasteiger partial charge in [-0.15, -0.1) is 0 Å². The van der Waals surface area contributed by atoms with Gasteiger partial charge >= 0.3 is 0 Å². The predicted octanol–water partition coefficient (Wildman–Crippen LogP) is 3.94. The Morgan fingerprint density at radius 3 is 2.63 bits per heavy atom. The van der Waals surface area contributed by atoms with Crippen molar-refractivity contribution in [1.29, 1.82) is 0 Å². The zero-order valence-electron chi connectivity index (χ0n) is 15.3. The highest BCUT2D eigenvalue weighted by Crippen LogP contribution is 2.27. The van der Waals surface area contributed by atoms with E-state index in [2.05, 4.69) is 27.8 Å². The van der Waals surface area contributed by atoms with E-state index in [1.54, 1.807) is 0 Å². The number of anilines is 1. The highest BCUT2D eigenvalue weighted by atomic mass is 32.1. The minimum atomic E-state index is -0.127. The third-order valence-electron chi connectivity index (χ3n) is 4.18. The minimum Gasteiger partial charge on any atom is -0.356 e. The van der Waals surface area contributed by atoms with Crippen LogP contribution in [0, 0.1) is 0 Å². The Labute approximate surface area is 162 Å². The number of thiazole rings is 1. The smallest absolute Gasteiger partial charge is 0.223 e. The SMILES string of the molecule is CC(=O)Nc1nc2ccc(CCC(=O)NCCCc3ccccc3)cc2s1. The van der Waals surface area contributed by atoms with Crippen molar-refractivity contribution in [3.8, 4) is 0 Å². The number of rotatable bonds is 8. The van der Waals surface area contributed by atoms with Gasteiger partial charge < -0.3 is 10.6 Å². The summed E-state index contributed by atoms with van der Waals surface area (Å²) in [5.74, 6) is -0.0513. The van der Waals surface area contributed by atoms with Crippen molar-refractivity contribution in [3.63, 3.8) is 0 Å². The molecule has 2 aromatic carbocycles. The Kier molecular flexibility index (Phi) is 6.54. The van der Waals surface area contributed by atoms with Gasteiger partial charge in [0.05, 0.1) is 10.2 Å². The first-order chi connectivity index (χ1) is 13.1. The zero-order valence-corrected chi connectivity index (χ0v) is 16.1. The van der Waals surface area contributed by atoms with Crippen molar-refractivity contribution in [1.82, 2.24) is 10.3 Å². The summed E-state index contributed by atoms with van der Waals surface area (Å²) in [6.07, 6.45) is 3.07. The molecule has 0 fully saturated rings. The van der Waals surface area contributed by atoms with Crippen LogP contribution in [-0.4, -0.2) is 23.3 Å². The number of nitrogens with one attached hydrogen (secondary N) is 2. The number of hydrogen-bond acceptors (Lipinski definition) is 4. The van der Waals surface area contributed by atoms with E-state index < -0.39 is 0 Å². The molecule has 0 spiro atoms. The number of benzene rings is 2.